The van der Waals surface area contributed by atoms with Gasteiger partial charge in [-0.1, -0.05) is 30.7 Å². The van der Waals surface area contributed by atoms with Gasteiger partial charge < -0.3 is 9.84 Å². The van der Waals surface area contributed by atoms with Crippen molar-refractivity contribution in [1.82, 2.24) is 4.90 Å². The summed E-state index contributed by atoms with van der Waals surface area (Å²) in [6.07, 6.45) is 3.97. The first-order valence-electron chi connectivity index (χ1n) is 8.40. The zero-order valence-corrected chi connectivity index (χ0v) is 14.0. The second kappa shape index (κ2) is 7.05. The molecule has 0 aliphatic carbocycles. The molecule has 2 aromatic rings. The van der Waals surface area contributed by atoms with E-state index in [2.05, 4.69) is 36.1 Å². The molecule has 1 heterocycles. The normalized spacial score (nSPS) is 17.0. The van der Waals surface area contributed by atoms with Crippen LogP contribution in [0.1, 0.15) is 37.8 Å². The Morgan fingerprint density at radius 1 is 1.00 bits per heavy atom. The van der Waals surface area contributed by atoms with E-state index in [1.807, 2.05) is 6.07 Å². The van der Waals surface area contributed by atoms with Crippen LogP contribution in [0.15, 0.2) is 42.5 Å². The van der Waals surface area contributed by atoms with E-state index in [0.717, 1.165) is 16.9 Å². The Balaban J connectivity index is 1.81. The lowest BCUT2D eigenvalue weighted by Gasteiger charge is -2.32. The molecule has 3 nitrogen and oxygen atoms in total. The highest BCUT2D eigenvalue weighted by Crippen LogP contribution is 2.33. The van der Waals surface area contributed by atoms with Crippen LogP contribution in [-0.2, 0) is 0 Å². The van der Waals surface area contributed by atoms with E-state index < -0.39 is 0 Å². The number of methoxy groups -OCH3 is 1. The first-order valence-corrected chi connectivity index (χ1v) is 8.40. The standard InChI is InChI=1S/C20H25NO2/c1-15(21-12-4-3-5-13-21)16-6-8-17(9-7-16)19-14-18(23-2)10-11-20(19)22/h6-11,14-15,22H,3-5,12-13H2,1-2H3/t15-/m0/s1. The molecule has 122 valence electrons. The minimum atomic E-state index is 0.280. The lowest BCUT2D eigenvalue weighted by Crippen LogP contribution is -2.32. The molecule has 3 heteroatoms. The third-order valence-electron chi connectivity index (χ3n) is 4.85. The monoisotopic (exact) mass is 311 g/mol. The highest BCUT2D eigenvalue weighted by atomic mass is 16.5. The van der Waals surface area contributed by atoms with Gasteiger partial charge >= 0.3 is 0 Å². The number of hydrogen-bond donors (Lipinski definition) is 1. The van der Waals surface area contributed by atoms with Crippen LogP contribution in [0.4, 0.5) is 0 Å². The molecular formula is C20H25NO2. The smallest absolute Gasteiger partial charge is 0.123 e. The summed E-state index contributed by atoms with van der Waals surface area (Å²) in [6.45, 7) is 4.67. The van der Waals surface area contributed by atoms with Gasteiger partial charge in [0, 0.05) is 11.6 Å². The highest BCUT2D eigenvalue weighted by Gasteiger charge is 2.18. The van der Waals surface area contributed by atoms with Gasteiger partial charge in [-0.05, 0) is 62.2 Å². The molecule has 1 N–H and O–H groups in total. The van der Waals surface area contributed by atoms with Crippen LogP contribution >= 0.6 is 0 Å². The molecule has 0 amide bonds. The van der Waals surface area contributed by atoms with Gasteiger partial charge in [0.2, 0.25) is 0 Å². The van der Waals surface area contributed by atoms with Crippen molar-refractivity contribution in [3.63, 3.8) is 0 Å². The van der Waals surface area contributed by atoms with Gasteiger partial charge in [0.15, 0.2) is 0 Å². The molecule has 0 spiro atoms. The van der Waals surface area contributed by atoms with Crippen molar-refractivity contribution >= 4 is 0 Å². The maximum absolute atomic E-state index is 10.1. The maximum atomic E-state index is 10.1. The fourth-order valence-corrected chi connectivity index (χ4v) is 3.33. The largest absolute Gasteiger partial charge is 0.507 e. The second-order valence-corrected chi connectivity index (χ2v) is 6.28. The number of piperidine rings is 1. The third-order valence-corrected chi connectivity index (χ3v) is 4.85. The number of phenols is 1. The lowest BCUT2D eigenvalue weighted by molar-refractivity contribution is 0.175. The summed E-state index contributed by atoms with van der Waals surface area (Å²) in [5.41, 5.74) is 3.15. The van der Waals surface area contributed by atoms with E-state index in [9.17, 15) is 5.11 Å². The molecule has 1 atom stereocenters. The van der Waals surface area contributed by atoms with Crippen LogP contribution in [0.2, 0.25) is 0 Å². The number of aromatic hydroxyl groups is 1. The Kier molecular flexibility index (Phi) is 4.87. The van der Waals surface area contributed by atoms with E-state index in [0.29, 0.717) is 6.04 Å². The summed E-state index contributed by atoms with van der Waals surface area (Å²) in [7, 11) is 1.64. The van der Waals surface area contributed by atoms with Crippen LogP contribution in [0, 0.1) is 0 Å². The van der Waals surface area contributed by atoms with Gasteiger partial charge in [0.1, 0.15) is 11.5 Å². The zero-order valence-electron chi connectivity index (χ0n) is 14.0. The van der Waals surface area contributed by atoms with Crippen molar-refractivity contribution in [3.8, 4) is 22.6 Å². The van der Waals surface area contributed by atoms with Gasteiger partial charge in [-0.25, -0.2) is 0 Å². The first-order chi connectivity index (χ1) is 11.2. The van der Waals surface area contributed by atoms with Crippen molar-refractivity contribution in [2.75, 3.05) is 20.2 Å². The average molecular weight is 311 g/mol. The van der Waals surface area contributed by atoms with Crippen LogP contribution < -0.4 is 4.74 Å². The van der Waals surface area contributed by atoms with Gasteiger partial charge in [-0.3, -0.25) is 4.90 Å². The summed E-state index contributed by atoms with van der Waals surface area (Å²) in [6, 6.07) is 14.3. The summed E-state index contributed by atoms with van der Waals surface area (Å²) in [4.78, 5) is 2.56. The number of phenolic OH excluding ortho intramolecular Hbond substituents is 1. The summed E-state index contributed by atoms with van der Waals surface area (Å²) in [5, 5.41) is 10.1. The Hall–Kier alpha value is -2.00. The number of rotatable bonds is 4. The number of ether oxygens (including phenoxy) is 1. The Morgan fingerprint density at radius 3 is 2.35 bits per heavy atom. The van der Waals surface area contributed by atoms with Crippen molar-refractivity contribution in [3.05, 3.63) is 48.0 Å². The minimum Gasteiger partial charge on any atom is -0.507 e. The molecule has 3 rings (SSSR count). The number of likely N-dealkylation sites (tertiary alicyclic amines) is 1. The van der Waals surface area contributed by atoms with Crippen molar-refractivity contribution in [2.24, 2.45) is 0 Å². The third kappa shape index (κ3) is 3.50. The van der Waals surface area contributed by atoms with Gasteiger partial charge in [-0.15, -0.1) is 0 Å². The molecular weight excluding hydrogens is 286 g/mol. The second-order valence-electron chi connectivity index (χ2n) is 6.28. The first kappa shape index (κ1) is 15.9. The quantitative estimate of drug-likeness (QED) is 0.894. The van der Waals surface area contributed by atoms with Crippen LogP contribution in [0.5, 0.6) is 11.5 Å². The van der Waals surface area contributed by atoms with Gasteiger partial charge in [0.05, 0.1) is 7.11 Å². The van der Waals surface area contributed by atoms with Crippen molar-refractivity contribution in [1.29, 1.82) is 0 Å². The molecule has 0 radical (unpaired) electrons. The maximum Gasteiger partial charge on any atom is 0.123 e. The van der Waals surface area contributed by atoms with Gasteiger partial charge in [-0.2, -0.15) is 0 Å². The SMILES string of the molecule is COc1ccc(O)c(-c2ccc([C@H](C)N3CCCCC3)cc2)c1. The van der Waals surface area contributed by atoms with E-state index in [-0.39, 0.29) is 5.75 Å². The number of nitrogens with zero attached hydrogens (tertiary/aromatic N) is 1. The van der Waals surface area contributed by atoms with Gasteiger partial charge in [0.25, 0.3) is 0 Å². The molecule has 0 bridgehead atoms. The molecule has 0 saturated carbocycles. The van der Waals surface area contributed by atoms with Crippen LogP contribution in [-0.4, -0.2) is 30.2 Å². The summed E-state index contributed by atoms with van der Waals surface area (Å²) in [5.74, 6) is 1.03. The fraction of sp³-hybridized carbons (Fsp3) is 0.400. The molecule has 1 fully saturated rings. The highest BCUT2D eigenvalue weighted by molar-refractivity contribution is 5.71. The lowest BCUT2D eigenvalue weighted by atomic mass is 9.98. The molecule has 0 unspecified atom stereocenters. The van der Waals surface area contributed by atoms with E-state index in [1.54, 1.807) is 19.2 Å². The minimum absolute atomic E-state index is 0.280. The Morgan fingerprint density at radius 2 is 1.70 bits per heavy atom. The fourth-order valence-electron chi connectivity index (χ4n) is 3.33. The molecule has 2 aromatic carbocycles. The Bertz CT molecular complexity index is 645. The number of hydrogen-bond acceptors (Lipinski definition) is 3. The van der Waals surface area contributed by atoms with Crippen molar-refractivity contribution < 1.29 is 9.84 Å². The van der Waals surface area contributed by atoms with Crippen LogP contribution in [0.3, 0.4) is 0 Å². The van der Waals surface area contributed by atoms with Crippen LogP contribution in [0.25, 0.3) is 11.1 Å². The number of benzene rings is 2. The summed E-state index contributed by atoms with van der Waals surface area (Å²) >= 11 is 0. The Labute approximate surface area is 138 Å². The summed E-state index contributed by atoms with van der Waals surface area (Å²) < 4.78 is 5.25. The molecule has 23 heavy (non-hydrogen) atoms. The molecule has 1 saturated heterocycles. The molecule has 1 aliphatic rings. The van der Waals surface area contributed by atoms with E-state index in [4.69, 9.17) is 4.74 Å². The zero-order chi connectivity index (χ0) is 16.2. The molecule has 0 aromatic heterocycles. The van der Waals surface area contributed by atoms with Crippen molar-refractivity contribution in [2.45, 2.75) is 32.2 Å². The van der Waals surface area contributed by atoms with E-state index >= 15 is 0 Å². The molecule has 1 aliphatic heterocycles. The van der Waals surface area contributed by atoms with E-state index in [1.165, 1.54) is 37.9 Å². The predicted molar refractivity (Wildman–Crippen MR) is 93.9 cm³/mol. The average Bonchev–Trinajstić information content (AvgIpc) is 2.62. The predicted octanol–water partition coefficient (Wildman–Crippen LogP) is 4.61. The topological polar surface area (TPSA) is 32.7 Å².